The predicted molar refractivity (Wildman–Crippen MR) is 71.3 cm³/mol. The van der Waals surface area contributed by atoms with Crippen LogP contribution in [0.2, 0.25) is 0 Å². The topological polar surface area (TPSA) is 56.5 Å². The summed E-state index contributed by atoms with van der Waals surface area (Å²) in [5.74, 6) is 2.19. The van der Waals surface area contributed by atoms with Crippen molar-refractivity contribution in [3.05, 3.63) is 42.0 Å². The maximum absolute atomic E-state index is 9.31. The molecule has 19 heavy (non-hydrogen) atoms. The van der Waals surface area contributed by atoms with E-state index in [2.05, 4.69) is 4.98 Å². The van der Waals surface area contributed by atoms with E-state index in [9.17, 15) is 5.11 Å². The Kier molecular flexibility index (Phi) is 4.41. The highest BCUT2D eigenvalue weighted by atomic mass is 16.5. The molecule has 1 aromatic carbocycles. The Labute approximate surface area is 112 Å². The first-order valence-electron chi connectivity index (χ1n) is 6.12. The molecule has 2 rings (SSSR count). The number of hydrogen-bond acceptors (Lipinski definition) is 4. The van der Waals surface area contributed by atoms with E-state index >= 15 is 0 Å². The van der Waals surface area contributed by atoms with E-state index in [1.54, 1.807) is 13.3 Å². The summed E-state index contributed by atoms with van der Waals surface area (Å²) in [5.41, 5.74) is 0.721. The van der Waals surface area contributed by atoms with E-state index in [4.69, 9.17) is 9.47 Å². The van der Waals surface area contributed by atoms with E-state index in [0.717, 1.165) is 11.4 Å². The van der Waals surface area contributed by atoms with Gasteiger partial charge in [-0.3, -0.25) is 0 Å². The van der Waals surface area contributed by atoms with Gasteiger partial charge in [-0.1, -0.05) is 12.1 Å². The predicted octanol–water partition coefficient (Wildman–Crippen LogP) is 1.54. The first kappa shape index (κ1) is 13.4. The van der Waals surface area contributed by atoms with Gasteiger partial charge in [0.25, 0.3) is 0 Å². The second kappa shape index (κ2) is 6.24. The van der Waals surface area contributed by atoms with Crippen LogP contribution in [0.1, 0.15) is 11.4 Å². The van der Waals surface area contributed by atoms with Gasteiger partial charge in [0.15, 0.2) is 11.5 Å². The third kappa shape index (κ3) is 3.06. The smallest absolute Gasteiger partial charge is 0.166 e. The minimum atomic E-state index is -0.0745. The molecule has 1 N–H and O–H groups in total. The number of imidazole rings is 1. The summed E-state index contributed by atoms with van der Waals surface area (Å²) >= 11 is 0. The van der Waals surface area contributed by atoms with Crippen LogP contribution >= 0.6 is 0 Å². The maximum atomic E-state index is 9.31. The van der Waals surface area contributed by atoms with Crippen molar-refractivity contribution in [2.75, 3.05) is 13.7 Å². The number of aromatic nitrogens is 2. The Morgan fingerprint density at radius 3 is 2.84 bits per heavy atom. The van der Waals surface area contributed by atoms with Crippen molar-refractivity contribution in [1.29, 1.82) is 0 Å². The molecule has 0 amide bonds. The molecule has 0 aliphatic rings. The monoisotopic (exact) mass is 262 g/mol. The van der Waals surface area contributed by atoms with Gasteiger partial charge in [0.05, 0.1) is 20.3 Å². The fourth-order valence-corrected chi connectivity index (χ4v) is 1.89. The second-order valence-corrected chi connectivity index (χ2v) is 4.16. The second-order valence-electron chi connectivity index (χ2n) is 4.16. The summed E-state index contributed by atoms with van der Waals surface area (Å²) in [6.07, 6.45) is 4.36. The van der Waals surface area contributed by atoms with Crippen LogP contribution in [0.3, 0.4) is 0 Å². The minimum absolute atomic E-state index is 0.0745. The molecule has 0 aliphatic carbocycles. The molecular weight excluding hydrogens is 244 g/mol. The van der Waals surface area contributed by atoms with Gasteiger partial charge in [-0.2, -0.15) is 0 Å². The Hall–Kier alpha value is -2.01. The van der Waals surface area contributed by atoms with Crippen LogP contribution in [0, 0.1) is 0 Å². The van der Waals surface area contributed by atoms with Gasteiger partial charge in [0, 0.05) is 31.4 Å². The Morgan fingerprint density at radius 2 is 2.21 bits per heavy atom. The van der Waals surface area contributed by atoms with Gasteiger partial charge in [0.2, 0.25) is 0 Å². The molecular formula is C14H18N2O3. The number of aliphatic hydroxyl groups excluding tert-OH is 1. The van der Waals surface area contributed by atoms with Crippen molar-refractivity contribution < 1.29 is 14.6 Å². The maximum Gasteiger partial charge on any atom is 0.166 e. The molecule has 0 saturated heterocycles. The standard InChI is InChI=1S/C14H18N2O3/c1-16-8-7-15-13(16)6-9-19-14-11(10-17)4-3-5-12(14)18-2/h3-5,7-8,17H,6,9-10H2,1-2H3. The summed E-state index contributed by atoms with van der Waals surface area (Å²) in [6.45, 7) is 0.410. The molecule has 102 valence electrons. The van der Waals surface area contributed by atoms with Crippen LogP contribution in [-0.4, -0.2) is 28.4 Å². The largest absolute Gasteiger partial charge is 0.493 e. The van der Waals surface area contributed by atoms with Gasteiger partial charge in [-0.05, 0) is 6.07 Å². The highest BCUT2D eigenvalue weighted by Gasteiger charge is 2.10. The summed E-state index contributed by atoms with van der Waals surface area (Å²) < 4.78 is 12.9. The van der Waals surface area contributed by atoms with E-state index in [0.29, 0.717) is 24.5 Å². The van der Waals surface area contributed by atoms with Crippen LogP contribution in [0.25, 0.3) is 0 Å². The summed E-state index contributed by atoms with van der Waals surface area (Å²) in [5, 5.41) is 9.31. The Bertz CT molecular complexity index is 515. The zero-order valence-corrected chi connectivity index (χ0v) is 11.2. The molecule has 0 saturated carbocycles. The highest BCUT2D eigenvalue weighted by molar-refractivity contribution is 5.46. The summed E-state index contributed by atoms with van der Waals surface area (Å²) in [6, 6.07) is 5.46. The first-order valence-corrected chi connectivity index (χ1v) is 6.12. The lowest BCUT2D eigenvalue weighted by molar-refractivity contribution is 0.255. The van der Waals surface area contributed by atoms with Gasteiger partial charge in [-0.25, -0.2) is 4.98 Å². The van der Waals surface area contributed by atoms with Crippen molar-refractivity contribution in [3.63, 3.8) is 0 Å². The third-order valence-corrected chi connectivity index (χ3v) is 2.94. The molecule has 0 spiro atoms. The number of aliphatic hydroxyl groups is 1. The fraction of sp³-hybridized carbons (Fsp3) is 0.357. The number of nitrogens with zero attached hydrogens (tertiary/aromatic N) is 2. The first-order chi connectivity index (χ1) is 9.26. The lowest BCUT2D eigenvalue weighted by Crippen LogP contribution is -2.08. The number of methoxy groups -OCH3 is 1. The van der Waals surface area contributed by atoms with Gasteiger partial charge in [-0.15, -0.1) is 0 Å². The van der Waals surface area contributed by atoms with E-state index in [-0.39, 0.29) is 6.61 Å². The number of hydrogen-bond donors (Lipinski definition) is 1. The lowest BCUT2D eigenvalue weighted by atomic mass is 10.2. The van der Waals surface area contributed by atoms with Crippen LogP contribution in [0.15, 0.2) is 30.6 Å². The van der Waals surface area contributed by atoms with Crippen molar-refractivity contribution in [1.82, 2.24) is 9.55 Å². The zero-order valence-electron chi connectivity index (χ0n) is 11.2. The van der Waals surface area contributed by atoms with Crippen LogP contribution in [0.5, 0.6) is 11.5 Å². The molecule has 0 aliphatic heterocycles. The van der Waals surface area contributed by atoms with Crippen LogP contribution in [-0.2, 0) is 20.1 Å². The summed E-state index contributed by atoms with van der Waals surface area (Å²) in [4.78, 5) is 4.23. The quantitative estimate of drug-likeness (QED) is 0.858. The number of para-hydroxylation sites is 1. The zero-order chi connectivity index (χ0) is 13.7. The molecule has 1 aromatic heterocycles. The molecule has 0 radical (unpaired) electrons. The average molecular weight is 262 g/mol. The average Bonchev–Trinajstić information content (AvgIpc) is 2.84. The highest BCUT2D eigenvalue weighted by Crippen LogP contribution is 2.31. The molecule has 0 unspecified atom stereocenters. The van der Waals surface area contributed by atoms with Gasteiger partial charge >= 0.3 is 0 Å². The van der Waals surface area contributed by atoms with E-state index in [1.165, 1.54) is 0 Å². The molecule has 2 aromatic rings. The lowest BCUT2D eigenvalue weighted by Gasteiger charge is -2.13. The SMILES string of the molecule is COc1cccc(CO)c1OCCc1nccn1C. The number of ether oxygens (including phenoxy) is 2. The molecule has 5 heteroatoms. The number of benzene rings is 1. The molecule has 0 bridgehead atoms. The molecule has 0 atom stereocenters. The molecule has 0 fully saturated rings. The normalized spacial score (nSPS) is 10.5. The Balaban J connectivity index is 2.04. The van der Waals surface area contributed by atoms with E-state index in [1.807, 2.05) is 36.0 Å². The van der Waals surface area contributed by atoms with Crippen molar-refractivity contribution >= 4 is 0 Å². The minimum Gasteiger partial charge on any atom is -0.493 e. The van der Waals surface area contributed by atoms with Crippen LogP contribution in [0.4, 0.5) is 0 Å². The summed E-state index contributed by atoms with van der Waals surface area (Å²) in [7, 11) is 3.53. The van der Waals surface area contributed by atoms with Gasteiger partial charge in [0.1, 0.15) is 5.82 Å². The Morgan fingerprint density at radius 1 is 1.37 bits per heavy atom. The third-order valence-electron chi connectivity index (χ3n) is 2.94. The fourth-order valence-electron chi connectivity index (χ4n) is 1.89. The van der Waals surface area contributed by atoms with Crippen molar-refractivity contribution in [3.8, 4) is 11.5 Å². The van der Waals surface area contributed by atoms with E-state index < -0.39 is 0 Å². The van der Waals surface area contributed by atoms with Crippen molar-refractivity contribution in [2.45, 2.75) is 13.0 Å². The van der Waals surface area contributed by atoms with Crippen LogP contribution < -0.4 is 9.47 Å². The molecule has 5 nitrogen and oxygen atoms in total. The number of rotatable bonds is 6. The van der Waals surface area contributed by atoms with Gasteiger partial charge < -0.3 is 19.1 Å². The molecule has 1 heterocycles. The van der Waals surface area contributed by atoms with Crippen molar-refractivity contribution in [2.24, 2.45) is 7.05 Å². The number of aryl methyl sites for hydroxylation is 1.